The Hall–Kier alpha value is -1.12. The van der Waals surface area contributed by atoms with Crippen LogP contribution in [-0.2, 0) is 12.4 Å². The van der Waals surface area contributed by atoms with Crippen molar-refractivity contribution in [3.63, 3.8) is 0 Å². The Morgan fingerprint density at radius 3 is 2.25 bits per heavy atom. The zero-order valence-corrected chi connectivity index (χ0v) is 12.9. The SMILES string of the molecule is [CH2]CCSCc1ccc(OCc2ccc(Cl)cc2)cc1. The maximum atomic E-state index is 5.85. The third-order valence-electron chi connectivity index (χ3n) is 2.80. The molecule has 0 aromatic heterocycles. The molecule has 20 heavy (non-hydrogen) atoms. The fraction of sp³-hybridized carbons (Fsp3) is 0.235. The molecule has 2 aromatic rings. The van der Waals surface area contributed by atoms with Crippen LogP contribution in [0.5, 0.6) is 5.75 Å². The molecule has 105 valence electrons. The summed E-state index contributed by atoms with van der Waals surface area (Å²) in [5.41, 5.74) is 2.44. The molecule has 2 rings (SSSR count). The Morgan fingerprint density at radius 2 is 1.60 bits per heavy atom. The summed E-state index contributed by atoms with van der Waals surface area (Å²) in [5.74, 6) is 3.03. The van der Waals surface area contributed by atoms with E-state index in [0.717, 1.165) is 34.3 Å². The predicted octanol–water partition coefficient (Wildman–Crippen LogP) is 5.38. The Morgan fingerprint density at radius 1 is 0.950 bits per heavy atom. The molecule has 2 aromatic carbocycles. The number of halogens is 1. The van der Waals surface area contributed by atoms with Crippen molar-refractivity contribution in [1.29, 1.82) is 0 Å². The second-order valence-electron chi connectivity index (χ2n) is 4.47. The van der Waals surface area contributed by atoms with Gasteiger partial charge >= 0.3 is 0 Å². The molecule has 0 fully saturated rings. The van der Waals surface area contributed by atoms with Gasteiger partial charge in [-0.1, -0.05) is 42.8 Å². The van der Waals surface area contributed by atoms with Gasteiger partial charge in [-0.05, 0) is 47.6 Å². The van der Waals surface area contributed by atoms with Crippen LogP contribution in [-0.4, -0.2) is 5.75 Å². The first-order chi connectivity index (χ1) is 9.78. The molecular formula is C17H18ClOS. The first-order valence-electron chi connectivity index (χ1n) is 6.61. The average Bonchev–Trinajstić information content (AvgIpc) is 2.48. The highest BCUT2D eigenvalue weighted by Crippen LogP contribution is 2.18. The van der Waals surface area contributed by atoms with Crippen molar-refractivity contribution in [2.24, 2.45) is 0 Å². The van der Waals surface area contributed by atoms with Crippen LogP contribution in [0.15, 0.2) is 48.5 Å². The van der Waals surface area contributed by atoms with Crippen molar-refractivity contribution in [1.82, 2.24) is 0 Å². The second kappa shape index (κ2) is 8.23. The second-order valence-corrected chi connectivity index (χ2v) is 6.01. The minimum atomic E-state index is 0.562. The van der Waals surface area contributed by atoms with Crippen LogP contribution < -0.4 is 4.74 Å². The number of ether oxygens (including phenoxy) is 1. The van der Waals surface area contributed by atoms with E-state index in [1.54, 1.807) is 0 Å². The third kappa shape index (κ3) is 5.10. The molecule has 0 aliphatic carbocycles. The smallest absolute Gasteiger partial charge is 0.119 e. The van der Waals surface area contributed by atoms with Gasteiger partial charge < -0.3 is 4.74 Å². The van der Waals surface area contributed by atoms with Gasteiger partial charge in [-0.2, -0.15) is 11.8 Å². The maximum Gasteiger partial charge on any atom is 0.119 e. The molecule has 0 amide bonds. The molecular weight excluding hydrogens is 288 g/mol. The standard InChI is InChI=1S/C17H18ClOS/c1-2-11-20-13-15-5-9-17(10-6-15)19-12-14-3-7-16(18)8-4-14/h3-10H,1-2,11-13H2. The fourth-order valence-electron chi connectivity index (χ4n) is 1.72. The van der Waals surface area contributed by atoms with Gasteiger partial charge in [0.25, 0.3) is 0 Å². The average molecular weight is 306 g/mol. The molecule has 1 nitrogen and oxygen atoms in total. The number of rotatable bonds is 7. The highest BCUT2D eigenvalue weighted by molar-refractivity contribution is 7.98. The quantitative estimate of drug-likeness (QED) is 0.635. The van der Waals surface area contributed by atoms with Gasteiger partial charge in [-0.15, -0.1) is 0 Å². The largest absolute Gasteiger partial charge is 0.489 e. The molecule has 3 heteroatoms. The summed E-state index contributed by atoms with van der Waals surface area (Å²) in [5, 5.41) is 0.748. The number of hydrogen-bond acceptors (Lipinski definition) is 2. The highest BCUT2D eigenvalue weighted by Gasteiger charge is 1.98. The lowest BCUT2D eigenvalue weighted by Gasteiger charge is -2.07. The van der Waals surface area contributed by atoms with Crippen LogP contribution in [0.25, 0.3) is 0 Å². The minimum Gasteiger partial charge on any atom is -0.489 e. The highest BCUT2D eigenvalue weighted by atomic mass is 35.5. The molecule has 0 saturated heterocycles. The predicted molar refractivity (Wildman–Crippen MR) is 88.4 cm³/mol. The summed E-state index contributed by atoms with van der Waals surface area (Å²) in [6.45, 7) is 4.40. The Kier molecular flexibility index (Phi) is 6.28. The number of benzene rings is 2. The van der Waals surface area contributed by atoms with Crippen molar-refractivity contribution in [2.75, 3.05) is 5.75 Å². The van der Waals surface area contributed by atoms with E-state index >= 15 is 0 Å². The third-order valence-corrected chi connectivity index (χ3v) is 4.17. The van der Waals surface area contributed by atoms with Crippen LogP contribution in [0, 0.1) is 6.92 Å². The van der Waals surface area contributed by atoms with E-state index in [-0.39, 0.29) is 0 Å². The topological polar surface area (TPSA) is 9.23 Å². The van der Waals surface area contributed by atoms with Gasteiger partial charge in [0.2, 0.25) is 0 Å². The van der Waals surface area contributed by atoms with Crippen LogP contribution in [0.4, 0.5) is 0 Å². The van der Waals surface area contributed by atoms with Gasteiger partial charge in [0, 0.05) is 10.8 Å². The summed E-state index contributed by atoms with van der Waals surface area (Å²) < 4.78 is 5.75. The Balaban J connectivity index is 1.82. The summed E-state index contributed by atoms with van der Waals surface area (Å²) >= 11 is 7.76. The van der Waals surface area contributed by atoms with Crippen LogP contribution in [0.3, 0.4) is 0 Å². The summed E-state index contributed by atoms with van der Waals surface area (Å²) in [7, 11) is 0. The van der Waals surface area contributed by atoms with E-state index in [2.05, 4.69) is 19.1 Å². The number of hydrogen-bond donors (Lipinski definition) is 0. The van der Waals surface area contributed by atoms with E-state index < -0.39 is 0 Å². The molecule has 0 bridgehead atoms. The molecule has 1 radical (unpaired) electrons. The molecule has 0 aliphatic rings. The van der Waals surface area contributed by atoms with E-state index in [4.69, 9.17) is 16.3 Å². The fourth-order valence-corrected chi connectivity index (χ4v) is 2.62. The molecule has 0 unspecified atom stereocenters. The van der Waals surface area contributed by atoms with E-state index in [9.17, 15) is 0 Å². The Labute approximate surface area is 130 Å². The summed E-state index contributed by atoms with van der Waals surface area (Å²) in [6.07, 6.45) is 0.979. The molecule has 0 aliphatic heterocycles. The molecule has 0 atom stereocenters. The zero-order chi connectivity index (χ0) is 14.2. The lowest BCUT2D eigenvalue weighted by molar-refractivity contribution is 0.306. The maximum absolute atomic E-state index is 5.85. The lowest BCUT2D eigenvalue weighted by atomic mass is 10.2. The molecule has 0 heterocycles. The van der Waals surface area contributed by atoms with Crippen molar-refractivity contribution < 1.29 is 4.74 Å². The molecule has 0 saturated carbocycles. The first kappa shape index (κ1) is 15.3. The molecule has 0 spiro atoms. The van der Waals surface area contributed by atoms with Crippen molar-refractivity contribution in [3.8, 4) is 5.75 Å². The van der Waals surface area contributed by atoms with Crippen molar-refractivity contribution in [3.05, 3.63) is 71.6 Å². The van der Waals surface area contributed by atoms with E-state index in [1.165, 1.54) is 5.56 Å². The first-order valence-corrected chi connectivity index (χ1v) is 8.14. The van der Waals surface area contributed by atoms with Crippen LogP contribution >= 0.6 is 23.4 Å². The normalized spacial score (nSPS) is 10.5. The number of thioether (sulfide) groups is 1. The summed E-state index contributed by atoms with van der Waals surface area (Å²) in [6, 6.07) is 16.0. The monoisotopic (exact) mass is 305 g/mol. The van der Waals surface area contributed by atoms with Crippen molar-refractivity contribution in [2.45, 2.75) is 18.8 Å². The van der Waals surface area contributed by atoms with Gasteiger partial charge in [-0.25, -0.2) is 0 Å². The Bertz CT molecular complexity index is 508. The van der Waals surface area contributed by atoms with Crippen LogP contribution in [0.1, 0.15) is 17.5 Å². The van der Waals surface area contributed by atoms with Gasteiger partial charge in [0.15, 0.2) is 0 Å². The van der Waals surface area contributed by atoms with E-state index in [0.29, 0.717) is 6.61 Å². The van der Waals surface area contributed by atoms with Crippen molar-refractivity contribution >= 4 is 23.4 Å². The lowest BCUT2D eigenvalue weighted by Crippen LogP contribution is -1.95. The van der Waals surface area contributed by atoms with Gasteiger partial charge in [0.05, 0.1) is 0 Å². The summed E-state index contributed by atoms with van der Waals surface area (Å²) in [4.78, 5) is 0. The zero-order valence-electron chi connectivity index (χ0n) is 11.3. The van der Waals surface area contributed by atoms with Gasteiger partial charge in [0.1, 0.15) is 12.4 Å². The minimum absolute atomic E-state index is 0.562. The van der Waals surface area contributed by atoms with E-state index in [1.807, 2.05) is 48.2 Å². The van der Waals surface area contributed by atoms with Crippen LogP contribution in [0.2, 0.25) is 5.02 Å². The van der Waals surface area contributed by atoms with Gasteiger partial charge in [-0.3, -0.25) is 0 Å². The molecule has 0 N–H and O–H groups in total.